The third kappa shape index (κ3) is 8.38. The van der Waals surface area contributed by atoms with Crippen molar-refractivity contribution in [3.05, 3.63) is 53.8 Å². The maximum Gasteiger partial charge on any atom is 0.261 e. The van der Waals surface area contributed by atoms with Crippen LogP contribution in [0.15, 0.2) is 47.4 Å². The summed E-state index contributed by atoms with van der Waals surface area (Å²) in [6.45, 7) is 6.96. The molecule has 1 aliphatic heterocycles. The number of aliphatic hydroxyl groups is 1. The summed E-state index contributed by atoms with van der Waals surface area (Å²) in [6.07, 6.45) is 2.17. The molecule has 0 saturated carbocycles. The Balaban J connectivity index is 2.02. The first-order valence-corrected chi connectivity index (χ1v) is 14.8. The highest BCUT2D eigenvalue weighted by molar-refractivity contribution is 7.92. The smallest absolute Gasteiger partial charge is 0.261 e. The van der Waals surface area contributed by atoms with Crippen molar-refractivity contribution in [2.45, 2.75) is 63.2 Å². The van der Waals surface area contributed by atoms with E-state index < -0.39 is 27.8 Å². The Kier molecular flexibility index (Phi) is 11.1. The van der Waals surface area contributed by atoms with E-state index in [1.807, 2.05) is 20.9 Å². The lowest BCUT2D eigenvalue weighted by atomic mass is 10.0. The van der Waals surface area contributed by atoms with Crippen molar-refractivity contribution in [2.75, 3.05) is 38.1 Å². The molecule has 2 aromatic carbocycles. The first-order chi connectivity index (χ1) is 18.6. The SMILES string of the molecule is CNC[C@@H]1OCCCC[C@@H](C)Oc2ccc(NS(=O)(=O)c3ccc(F)cc3)cc2C(=O)N([C@H](C)CO)C[C@H]1C. The zero-order valence-electron chi connectivity index (χ0n) is 23.0. The molecule has 216 valence electrons. The first kappa shape index (κ1) is 30.8. The summed E-state index contributed by atoms with van der Waals surface area (Å²) in [5.41, 5.74) is 0.335. The number of carbonyl (C=O) groups excluding carboxylic acids is 1. The Morgan fingerprint density at radius 2 is 1.87 bits per heavy atom. The van der Waals surface area contributed by atoms with E-state index in [2.05, 4.69) is 10.0 Å². The molecule has 9 nitrogen and oxygen atoms in total. The third-order valence-corrected chi connectivity index (χ3v) is 8.23. The van der Waals surface area contributed by atoms with Crippen LogP contribution in [0.2, 0.25) is 0 Å². The van der Waals surface area contributed by atoms with E-state index in [1.54, 1.807) is 17.9 Å². The van der Waals surface area contributed by atoms with Crippen LogP contribution in [-0.4, -0.2) is 75.9 Å². The van der Waals surface area contributed by atoms with Crippen molar-refractivity contribution in [3.8, 4) is 5.75 Å². The van der Waals surface area contributed by atoms with Gasteiger partial charge in [0.15, 0.2) is 0 Å². The van der Waals surface area contributed by atoms with Crippen LogP contribution in [0.5, 0.6) is 5.75 Å². The van der Waals surface area contributed by atoms with E-state index in [4.69, 9.17) is 9.47 Å². The lowest BCUT2D eigenvalue weighted by Crippen LogP contribution is -2.47. The van der Waals surface area contributed by atoms with Crippen molar-refractivity contribution in [1.29, 1.82) is 0 Å². The van der Waals surface area contributed by atoms with Crippen LogP contribution in [0, 0.1) is 11.7 Å². The van der Waals surface area contributed by atoms with Crippen LogP contribution in [0.25, 0.3) is 0 Å². The molecule has 2 aromatic rings. The molecule has 0 aliphatic carbocycles. The fraction of sp³-hybridized carbons (Fsp3) is 0.536. The van der Waals surface area contributed by atoms with Gasteiger partial charge in [-0.2, -0.15) is 0 Å². The molecule has 0 spiro atoms. The summed E-state index contributed by atoms with van der Waals surface area (Å²) in [7, 11) is -2.18. The Hall–Kier alpha value is -2.73. The van der Waals surface area contributed by atoms with E-state index in [1.165, 1.54) is 24.3 Å². The summed E-state index contributed by atoms with van der Waals surface area (Å²) in [4.78, 5) is 15.5. The number of rotatable bonds is 7. The number of anilines is 1. The quantitative estimate of drug-likeness (QED) is 0.469. The average molecular weight is 566 g/mol. The molecule has 1 heterocycles. The summed E-state index contributed by atoms with van der Waals surface area (Å²) in [5, 5.41) is 13.1. The Bertz CT molecular complexity index is 1190. The highest BCUT2D eigenvalue weighted by atomic mass is 32.2. The topological polar surface area (TPSA) is 117 Å². The van der Waals surface area contributed by atoms with Gasteiger partial charge in [0.1, 0.15) is 11.6 Å². The zero-order valence-corrected chi connectivity index (χ0v) is 23.8. The van der Waals surface area contributed by atoms with Gasteiger partial charge in [-0.15, -0.1) is 0 Å². The standard InChI is InChI=1S/C28H40FN3O6S/c1-19-17-32(20(2)18-33)28(34)25-15-23(31-39(35,36)24-11-8-22(29)9-12-24)10-13-26(25)38-21(3)7-5-6-14-37-27(19)16-30-4/h8-13,15,19-21,27,30-31,33H,5-7,14,16-18H2,1-4H3/t19-,20-,21-,27+/m1/s1. The van der Waals surface area contributed by atoms with Crippen LogP contribution in [0.4, 0.5) is 10.1 Å². The minimum Gasteiger partial charge on any atom is -0.490 e. The van der Waals surface area contributed by atoms with Crippen molar-refractivity contribution in [1.82, 2.24) is 10.2 Å². The van der Waals surface area contributed by atoms with E-state index in [9.17, 15) is 22.7 Å². The average Bonchev–Trinajstić information content (AvgIpc) is 2.90. The molecule has 0 bridgehead atoms. The van der Waals surface area contributed by atoms with Gasteiger partial charge in [-0.3, -0.25) is 9.52 Å². The number of sulfonamides is 1. The number of halogens is 1. The van der Waals surface area contributed by atoms with Crippen molar-refractivity contribution in [3.63, 3.8) is 0 Å². The summed E-state index contributed by atoms with van der Waals surface area (Å²) in [5.74, 6) is -0.664. The number of aliphatic hydroxyl groups excluding tert-OH is 1. The molecule has 1 aliphatic rings. The molecule has 3 rings (SSSR count). The monoisotopic (exact) mass is 565 g/mol. The highest BCUT2D eigenvalue weighted by Crippen LogP contribution is 2.29. The Labute approximate surface area is 230 Å². The molecular formula is C28H40FN3O6S. The van der Waals surface area contributed by atoms with Crippen LogP contribution in [0.1, 0.15) is 50.4 Å². The lowest BCUT2D eigenvalue weighted by molar-refractivity contribution is -0.000450. The number of nitrogens with zero attached hydrogens (tertiary/aromatic N) is 1. The number of amides is 1. The van der Waals surface area contributed by atoms with Gasteiger partial charge in [0.2, 0.25) is 0 Å². The summed E-state index contributed by atoms with van der Waals surface area (Å²) in [6, 6.07) is 8.52. The van der Waals surface area contributed by atoms with Gasteiger partial charge < -0.3 is 24.8 Å². The van der Waals surface area contributed by atoms with Crippen LogP contribution < -0.4 is 14.8 Å². The van der Waals surface area contributed by atoms with Crippen LogP contribution in [-0.2, 0) is 14.8 Å². The minimum atomic E-state index is -4.04. The van der Waals surface area contributed by atoms with Gasteiger partial charge >= 0.3 is 0 Å². The van der Waals surface area contributed by atoms with E-state index in [0.717, 1.165) is 31.4 Å². The largest absolute Gasteiger partial charge is 0.490 e. The fourth-order valence-electron chi connectivity index (χ4n) is 4.51. The van der Waals surface area contributed by atoms with Crippen molar-refractivity contribution >= 4 is 21.6 Å². The molecule has 11 heteroatoms. The van der Waals surface area contributed by atoms with Gasteiger partial charge in [0.05, 0.1) is 35.3 Å². The molecule has 39 heavy (non-hydrogen) atoms. The highest BCUT2D eigenvalue weighted by Gasteiger charge is 2.30. The molecular weight excluding hydrogens is 525 g/mol. The van der Waals surface area contributed by atoms with Gasteiger partial charge in [0, 0.05) is 31.3 Å². The van der Waals surface area contributed by atoms with Crippen LogP contribution >= 0.6 is 0 Å². The maximum atomic E-state index is 14.0. The van der Waals surface area contributed by atoms with Crippen LogP contribution in [0.3, 0.4) is 0 Å². The van der Waals surface area contributed by atoms with E-state index in [0.29, 0.717) is 25.4 Å². The molecule has 0 radical (unpaired) electrons. The predicted molar refractivity (Wildman–Crippen MR) is 148 cm³/mol. The predicted octanol–water partition coefficient (Wildman–Crippen LogP) is 3.64. The number of carbonyl (C=O) groups is 1. The van der Waals surface area contributed by atoms with Gasteiger partial charge in [0.25, 0.3) is 15.9 Å². The second-order valence-corrected chi connectivity index (χ2v) is 11.8. The van der Waals surface area contributed by atoms with Gasteiger partial charge in [-0.05, 0) is 82.6 Å². The van der Waals surface area contributed by atoms with E-state index >= 15 is 0 Å². The summed E-state index contributed by atoms with van der Waals surface area (Å²) >= 11 is 0. The number of ether oxygens (including phenoxy) is 2. The first-order valence-electron chi connectivity index (χ1n) is 13.3. The van der Waals surface area contributed by atoms with Crippen molar-refractivity contribution < 1.29 is 32.2 Å². The maximum absolute atomic E-state index is 14.0. The number of nitrogens with one attached hydrogen (secondary N) is 2. The molecule has 0 fully saturated rings. The Morgan fingerprint density at radius 1 is 1.15 bits per heavy atom. The molecule has 3 N–H and O–H groups in total. The number of benzene rings is 2. The number of hydrogen-bond donors (Lipinski definition) is 3. The Morgan fingerprint density at radius 3 is 2.54 bits per heavy atom. The van der Waals surface area contributed by atoms with Gasteiger partial charge in [-0.1, -0.05) is 6.92 Å². The van der Waals surface area contributed by atoms with E-state index in [-0.39, 0.29) is 40.9 Å². The number of hydrogen-bond acceptors (Lipinski definition) is 7. The molecule has 0 unspecified atom stereocenters. The second kappa shape index (κ2) is 14.1. The number of fused-ring (bicyclic) bond motifs is 1. The number of likely N-dealkylation sites (N-methyl/N-ethyl adjacent to an activating group) is 1. The zero-order chi connectivity index (χ0) is 28.6. The molecule has 1 amide bonds. The van der Waals surface area contributed by atoms with Gasteiger partial charge in [-0.25, -0.2) is 12.8 Å². The second-order valence-electron chi connectivity index (χ2n) is 10.1. The molecule has 4 atom stereocenters. The third-order valence-electron chi connectivity index (χ3n) is 6.83. The molecule has 0 aromatic heterocycles. The minimum absolute atomic E-state index is 0.0539. The van der Waals surface area contributed by atoms with Crippen molar-refractivity contribution in [2.24, 2.45) is 5.92 Å². The normalized spacial score (nSPS) is 22.4. The molecule has 0 saturated heterocycles. The lowest BCUT2D eigenvalue weighted by Gasteiger charge is -2.34. The fourth-order valence-corrected chi connectivity index (χ4v) is 5.55. The summed E-state index contributed by atoms with van der Waals surface area (Å²) < 4.78 is 54.0.